The van der Waals surface area contributed by atoms with Gasteiger partial charge in [0.05, 0.1) is 12.1 Å². The molecule has 1 heterocycles. The third-order valence-electron chi connectivity index (χ3n) is 2.38. The van der Waals surface area contributed by atoms with Crippen LogP contribution in [0.5, 0.6) is 5.75 Å². The van der Waals surface area contributed by atoms with Crippen molar-refractivity contribution < 1.29 is 13.9 Å². The Morgan fingerprint density at radius 1 is 1.29 bits per heavy atom. The fourth-order valence-electron chi connectivity index (χ4n) is 1.51. The van der Waals surface area contributed by atoms with Crippen LogP contribution in [0.4, 0.5) is 0 Å². The van der Waals surface area contributed by atoms with E-state index in [4.69, 9.17) is 20.8 Å². The topological polar surface area (TPSA) is 39.4 Å². The van der Waals surface area contributed by atoms with Gasteiger partial charge < -0.3 is 9.15 Å². The Bertz CT molecular complexity index is 558. The number of halogens is 1. The predicted octanol–water partition coefficient (Wildman–Crippen LogP) is 3.48. The summed E-state index contributed by atoms with van der Waals surface area (Å²) in [4.78, 5) is 12.0. The SMILES string of the molecule is COc1ccc(C(=O)c2ccc(C)o2)cc1Cl. The van der Waals surface area contributed by atoms with Crippen molar-refractivity contribution in [1.29, 1.82) is 0 Å². The number of carbonyl (C=O) groups is 1. The van der Waals surface area contributed by atoms with E-state index in [9.17, 15) is 4.79 Å². The summed E-state index contributed by atoms with van der Waals surface area (Å²) in [5, 5.41) is 0.404. The highest BCUT2D eigenvalue weighted by Gasteiger charge is 2.14. The van der Waals surface area contributed by atoms with Crippen molar-refractivity contribution in [3.63, 3.8) is 0 Å². The molecule has 0 saturated heterocycles. The van der Waals surface area contributed by atoms with Gasteiger partial charge in [-0.1, -0.05) is 11.6 Å². The largest absolute Gasteiger partial charge is 0.495 e. The second-order valence-corrected chi connectivity index (χ2v) is 4.00. The maximum absolute atomic E-state index is 12.0. The molecule has 0 bridgehead atoms. The highest BCUT2D eigenvalue weighted by Crippen LogP contribution is 2.26. The molecule has 0 fully saturated rings. The molecule has 88 valence electrons. The average Bonchev–Trinajstić information content (AvgIpc) is 2.75. The van der Waals surface area contributed by atoms with Gasteiger partial charge >= 0.3 is 0 Å². The lowest BCUT2D eigenvalue weighted by Gasteiger charge is -2.04. The molecule has 3 nitrogen and oxygen atoms in total. The van der Waals surface area contributed by atoms with E-state index < -0.39 is 0 Å². The van der Waals surface area contributed by atoms with E-state index >= 15 is 0 Å². The number of furan rings is 1. The molecule has 0 saturated carbocycles. The normalized spacial score (nSPS) is 10.3. The maximum Gasteiger partial charge on any atom is 0.228 e. The second kappa shape index (κ2) is 4.63. The molecule has 0 aliphatic rings. The van der Waals surface area contributed by atoms with Crippen molar-refractivity contribution >= 4 is 17.4 Å². The molecule has 1 aromatic carbocycles. The van der Waals surface area contributed by atoms with Crippen molar-refractivity contribution in [2.45, 2.75) is 6.92 Å². The molecule has 0 spiro atoms. The molecule has 0 N–H and O–H groups in total. The van der Waals surface area contributed by atoms with Crippen LogP contribution in [0.2, 0.25) is 5.02 Å². The number of ketones is 1. The standard InChI is InChI=1S/C13H11ClO3/c1-8-3-5-12(17-8)13(15)9-4-6-11(16-2)10(14)7-9/h3-7H,1-2H3. The minimum absolute atomic E-state index is 0.192. The Morgan fingerprint density at radius 3 is 2.59 bits per heavy atom. The summed E-state index contributed by atoms with van der Waals surface area (Å²) in [6, 6.07) is 8.28. The van der Waals surface area contributed by atoms with E-state index in [0.717, 1.165) is 0 Å². The van der Waals surface area contributed by atoms with Gasteiger partial charge in [0, 0.05) is 5.56 Å². The van der Waals surface area contributed by atoms with Gasteiger partial charge in [-0.05, 0) is 37.3 Å². The highest BCUT2D eigenvalue weighted by atomic mass is 35.5. The summed E-state index contributed by atoms with van der Waals surface area (Å²) in [6.45, 7) is 1.79. The lowest BCUT2D eigenvalue weighted by atomic mass is 10.1. The van der Waals surface area contributed by atoms with Gasteiger partial charge in [0.1, 0.15) is 11.5 Å². The molecule has 0 amide bonds. The number of aryl methyl sites for hydroxylation is 1. The smallest absolute Gasteiger partial charge is 0.228 e. The van der Waals surface area contributed by atoms with Gasteiger partial charge in [0.25, 0.3) is 0 Å². The fourth-order valence-corrected chi connectivity index (χ4v) is 1.76. The Hall–Kier alpha value is -1.74. The van der Waals surface area contributed by atoms with Crippen LogP contribution in [-0.4, -0.2) is 12.9 Å². The van der Waals surface area contributed by atoms with E-state index in [0.29, 0.717) is 27.9 Å². The van der Waals surface area contributed by atoms with E-state index in [1.54, 1.807) is 37.3 Å². The second-order valence-electron chi connectivity index (χ2n) is 3.59. The minimum atomic E-state index is -0.192. The van der Waals surface area contributed by atoms with Crippen LogP contribution in [0.1, 0.15) is 21.9 Å². The van der Waals surface area contributed by atoms with E-state index in [2.05, 4.69) is 0 Å². The molecular formula is C13H11ClO3. The first kappa shape index (κ1) is 11.7. The van der Waals surface area contributed by atoms with Gasteiger partial charge in [-0.3, -0.25) is 4.79 Å². The van der Waals surface area contributed by atoms with Crippen LogP contribution < -0.4 is 4.74 Å². The average molecular weight is 251 g/mol. The summed E-state index contributed by atoms with van der Waals surface area (Å²) in [6.07, 6.45) is 0. The first-order valence-corrected chi connectivity index (χ1v) is 5.44. The Balaban J connectivity index is 2.35. The molecule has 0 aliphatic carbocycles. The van der Waals surface area contributed by atoms with Gasteiger partial charge in [-0.25, -0.2) is 0 Å². The molecule has 2 rings (SSSR count). The van der Waals surface area contributed by atoms with Crippen LogP contribution in [0, 0.1) is 6.92 Å². The van der Waals surface area contributed by atoms with Gasteiger partial charge in [0.2, 0.25) is 5.78 Å². The molecule has 0 radical (unpaired) electrons. The summed E-state index contributed by atoms with van der Waals surface area (Å²) in [5.74, 6) is 1.36. The van der Waals surface area contributed by atoms with Crippen LogP contribution in [0.15, 0.2) is 34.7 Å². The van der Waals surface area contributed by atoms with Crippen molar-refractivity contribution in [3.8, 4) is 5.75 Å². The van der Waals surface area contributed by atoms with Crippen molar-refractivity contribution in [1.82, 2.24) is 0 Å². The molecule has 0 atom stereocenters. The van der Waals surface area contributed by atoms with Gasteiger partial charge in [0.15, 0.2) is 5.76 Å². The fraction of sp³-hybridized carbons (Fsp3) is 0.154. The zero-order chi connectivity index (χ0) is 12.4. The zero-order valence-corrected chi connectivity index (χ0v) is 10.2. The quantitative estimate of drug-likeness (QED) is 0.783. The lowest BCUT2D eigenvalue weighted by molar-refractivity contribution is 0.101. The maximum atomic E-state index is 12.0. The number of ether oxygens (including phenoxy) is 1. The van der Waals surface area contributed by atoms with Crippen molar-refractivity contribution in [2.75, 3.05) is 7.11 Å². The summed E-state index contributed by atoms with van der Waals surface area (Å²) in [5.41, 5.74) is 0.477. The third kappa shape index (κ3) is 2.34. The number of hydrogen-bond acceptors (Lipinski definition) is 3. The molecule has 17 heavy (non-hydrogen) atoms. The summed E-state index contributed by atoms with van der Waals surface area (Å²) in [7, 11) is 1.53. The molecule has 4 heteroatoms. The summed E-state index contributed by atoms with van der Waals surface area (Å²) < 4.78 is 10.3. The molecular weight excluding hydrogens is 240 g/mol. The number of methoxy groups -OCH3 is 1. The predicted molar refractivity (Wildman–Crippen MR) is 64.9 cm³/mol. The van der Waals surface area contributed by atoms with Crippen LogP contribution in [-0.2, 0) is 0 Å². The van der Waals surface area contributed by atoms with Gasteiger partial charge in [-0.15, -0.1) is 0 Å². The van der Waals surface area contributed by atoms with Crippen molar-refractivity contribution in [3.05, 3.63) is 52.4 Å². The van der Waals surface area contributed by atoms with Crippen LogP contribution in [0.3, 0.4) is 0 Å². The van der Waals surface area contributed by atoms with E-state index in [1.807, 2.05) is 0 Å². The Labute approximate surface area is 104 Å². The summed E-state index contributed by atoms with van der Waals surface area (Å²) >= 11 is 5.96. The number of hydrogen-bond donors (Lipinski definition) is 0. The molecule has 0 aliphatic heterocycles. The minimum Gasteiger partial charge on any atom is -0.495 e. The number of carbonyl (C=O) groups excluding carboxylic acids is 1. The number of benzene rings is 1. The molecule has 0 unspecified atom stereocenters. The molecule has 1 aromatic heterocycles. The Morgan fingerprint density at radius 2 is 2.06 bits per heavy atom. The zero-order valence-electron chi connectivity index (χ0n) is 9.49. The monoisotopic (exact) mass is 250 g/mol. The third-order valence-corrected chi connectivity index (χ3v) is 2.67. The Kier molecular flexibility index (Phi) is 3.20. The van der Waals surface area contributed by atoms with Crippen molar-refractivity contribution in [2.24, 2.45) is 0 Å². The van der Waals surface area contributed by atoms with E-state index in [1.165, 1.54) is 7.11 Å². The van der Waals surface area contributed by atoms with Gasteiger partial charge in [-0.2, -0.15) is 0 Å². The first-order valence-electron chi connectivity index (χ1n) is 5.06. The molecule has 2 aromatic rings. The van der Waals surface area contributed by atoms with Crippen LogP contribution in [0.25, 0.3) is 0 Å². The number of rotatable bonds is 3. The van der Waals surface area contributed by atoms with Crippen LogP contribution >= 0.6 is 11.6 Å². The lowest BCUT2D eigenvalue weighted by Crippen LogP contribution is -1.99. The first-order chi connectivity index (χ1) is 8.11. The highest BCUT2D eigenvalue weighted by molar-refractivity contribution is 6.32. The van der Waals surface area contributed by atoms with E-state index in [-0.39, 0.29) is 5.78 Å².